The number of ether oxygens (including phenoxy) is 2. The second kappa shape index (κ2) is 9.85. The zero-order chi connectivity index (χ0) is 19.8. The van der Waals surface area contributed by atoms with E-state index in [1.54, 1.807) is 36.7 Å². The predicted octanol–water partition coefficient (Wildman–Crippen LogP) is 4.31. The third kappa shape index (κ3) is 5.29. The Labute approximate surface area is 168 Å². The van der Waals surface area contributed by atoms with Gasteiger partial charge in [0, 0.05) is 18.0 Å². The van der Waals surface area contributed by atoms with Crippen LogP contribution in [-0.2, 0) is 19.5 Å². The zero-order valence-corrected chi connectivity index (χ0v) is 16.8. The van der Waals surface area contributed by atoms with Gasteiger partial charge in [-0.05, 0) is 47.7 Å². The maximum Gasteiger partial charge on any atom is 0.318 e. The largest absolute Gasteiger partial charge is 0.493 e. The summed E-state index contributed by atoms with van der Waals surface area (Å²) in [5, 5.41) is 5.03. The number of carbonyl (C=O) groups is 1. The van der Waals surface area contributed by atoms with Crippen LogP contribution in [0.4, 0.5) is 4.79 Å². The molecule has 0 aliphatic carbocycles. The van der Waals surface area contributed by atoms with Crippen molar-refractivity contribution in [1.82, 2.24) is 10.2 Å². The van der Waals surface area contributed by atoms with E-state index in [2.05, 4.69) is 11.4 Å². The molecule has 2 heterocycles. The molecule has 7 heteroatoms. The van der Waals surface area contributed by atoms with Gasteiger partial charge in [0.1, 0.15) is 5.76 Å². The van der Waals surface area contributed by atoms with Crippen LogP contribution in [0.5, 0.6) is 11.5 Å². The van der Waals surface area contributed by atoms with Gasteiger partial charge < -0.3 is 24.1 Å². The Hall–Kier alpha value is -2.93. The van der Waals surface area contributed by atoms with Crippen LogP contribution in [0.2, 0.25) is 0 Å². The van der Waals surface area contributed by atoms with Gasteiger partial charge in [-0.1, -0.05) is 12.1 Å². The number of amides is 2. The van der Waals surface area contributed by atoms with Crippen LogP contribution < -0.4 is 14.8 Å². The third-order valence-electron chi connectivity index (χ3n) is 4.31. The van der Waals surface area contributed by atoms with Crippen LogP contribution in [0.1, 0.15) is 16.2 Å². The minimum absolute atomic E-state index is 0.136. The molecule has 0 saturated carbocycles. The summed E-state index contributed by atoms with van der Waals surface area (Å²) in [4.78, 5) is 15.8. The lowest BCUT2D eigenvalue weighted by atomic mass is 10.2. The van der Waals surface area contributed by atoms with E-state index in [-0.39, 0.29) is 6.03 Å². The van der Waals surface area contributed by atoms with Gasteiger partial charge in [-0.25, -0.2) is 4.79 Å². The summed E-state index contributed by atoms with van der Waals surface area (Å²) in [7, 11) is 3.19. The molecule has 0 aliphatic heterocycles. The molecular formula is C21H24N2O4S. The number of benzene rings is 1. The molecule has 0 fully saturated rings. The lowest BCUT2D eigenvalue weighted by molar-refractivity contribution is 0.190. The highest BCUT2D eigenvalue weighted by Gasteiger charge is 2.16. The van der Waals surface area contributed by atoms with Gasteiger partial charge >= 0.3 is 6.03 Å². The summed E-state index contributed by atoms with van der Waals surface area (Å²) in [6, 6.07) is 13.3. The van der Waals surface area contributed by atoms with Gasteiger partial charge in [-0.2, -0.15) is 0 Å². The molecule has 0 spiro atoms. The normalized spacial score (nSPS) is 10.5. The number of rotatable bonds is 9. The van der Waals surface area contributed by atoms with Crippen molar-refractivity contribution in [3.05, 3.63) is 70.3 Å². The number of methoxy groups -OCH3 is 2. The van der Waals surface area contributed by atoms with Crippen molar-refractivity contribution >= 4 is 17.4 Å². The van der Waals surface area contributed by atoms with Crippen LogP contribution in [0.3, 0.4) is 0 Å². The number of nitrogens with zero attached hydrogens (tertiary/aromatic N) is 1. The highest BCUT2D eigenvalue weighted by molar-refractivity contribution is 7.09. The highest BCUT2D eigenvalue weighted by Crippen LogP contribution is 2.27. The van der Waals surface area contributed by atoms with Crippen LogP contribution in [0.25, 0.3) is 0 Å². The second-order valence-electron chi connectivity index (χ2n) is 6.18. The maximum atomic E-state index is 12.8. The van der Waals surface area contributed by atoms with E-state index >= 15 is 0 Å². The Balaban J connectivity index is 1.63. The quantitative estimate of drug-likeness (QED) is 0.581. The van der Waals surface area contributed by atoms with Crippen LogP contribution in [-0.4, -0.2) is 31.7 Å². The van der Waals surface area contributed by atoms with Crippen molar-refractivity contribution in [3.8, 4) is 11.5 Å². The van der Waals surface area contributed by atoms with Crippen LogP contribution in [0, 0.1) is 0 Å². The fourth-order valence-corrected chi connectivity index (χ4v) is 3.52. The summed E-state index contributed by atoms with van der Waals surface area (Å²) in [5.41, 5.74) is 0.933. The van der Waals surface area contributed by atoms with E-state index < -0.39 is 0 Å². The van der Waals surface area contributed by atoms with Crippen molar-refractivity contribution < 1.29 is 18.7 Å². The second-order valence-corrected chi connectivity index (χ2v) is 7.21. The minimum Gasteiger partial charge on any atom is -0.493 e. The number of nitrogens with one attached hydrogen (secondary N) is 1. The van der Waals surface area contributed by atoms with Gasteiger partial charge in [0.05, 0.1) is 27.0 Å². The molecule has 3 aromatic rings. The lowest BCUT2D eigenvalue weighted by Gasteiger charge is -2.22. The Morgan fingerprint density at radius 1 is 1.14 bits per heavy atom. The predicted molar refractivity (Wildman–Crippen MR) is 109 cm³/mol. The zero-order valence-electron chi connectivity index (χ0n) is 16.0. The number of furan rings is 1. The molecule has 0 aliphatic rings. The monoisotopic (exact) mass is 400 g/mol. The molecule has 0 radical (unpaired) electrons. The number of urea groups is 1. The molecule has 2 aromatic heterocycles. The number of thiophene rings is 1. The van der Waals surface area contributed by atoms with Crippen molar-refractivity contribution in [3.63, 3.8) is 0 Å². The molecule has 0 bridgehead atoms. The first-order valence-corrected chi connectivity index (χ1v) is 9.86. The first-order chi connectivity index (χ1) is 13.7. The topological polar surface area (TPSA) is 63.9 Å². The molecular weight excluding hydrogens is 376 g/mol. The van der Waals surface area contributed by atoms with E-state index in [0.29, 0.717) is 31.1 Å². The summed E-state index contributed by atoms with van der Waals surface area (Å²) in [6.45, 7) is 1.43. The first kappa shape index (κ1) is 19.8. The summed E-state index contributed by atoms with van der Waals surface area (Å²) in [5.74, 6) is 2.06. The summed E-state index contributed by atoms with van der Waals surface area (Å²) >= 11 is 1.69. The Bertz CT molecular complexity index is 863. The standard InChI is InChI=1S/C21H24N2O4S/c1-25-19-8-7-16(13-20(19)26-2)14-22-21(24)23(15-17-5-3-11-27-17)10-9-18-6-4-12-28-18/h3-8,11-13H,9-10,14-15H2,1-2H3,(H,22,24). The molecule has 0 saturated heterocycles. The number of hydrogen-bond donors (Lipinski definition) is 1. The van der Waals surface area contributed by atoms with Crippen LogP contribution in [0.15, 0.2) is 58.5 Å². The van der Waals surface area contributed by atoms with Crippen molar-refractivity contribution in [1.29, 1.82) is 0 Å². The number of carbonyl (C=O) groups excluding carboxylic acids is 1. The van der Waals surface area contributed by atoms with Gasteiger partial charge in [0.25, 0.3) is 0 Å². The molecule has 1 N–H and O–H groups in total. The molecule has 0 atom stereocenters. The average Bonchev–Trinajstić information content (AvgIpc) is 3.43. The molecule has 6 nitrogen and oxygen atoms in total. The van der Waals surface area contributed by atoms with Crippen molar-refractivity contribution in [2.75, 3.05) is 20.8 Å². The van der Waals surface area contributed by atoms with Crippen LogP contribution >= 0.6 is 11.3 Å². The summed E-state index contributed by atoms with van der Waals surface area (Å²) < 4.78 is 16.0. The van der Waals surface area contributed by atoms with E-state index in [9.17, 15) is 4.79 Å². The van der Waals surface area contributed by atoms with Crippen molar-refractivity contribution in [2.24, 2.45) is 0 Å². The molecule has 3 rings (SSSR count). The molecule has 148 valence electrons. The molecule has 28 heavy (non-hydrogen) atoms. The Kier molecular flexibility index (Phi) is 6.97. The Morgan fingerprint density at radius 2 is 2.00 bits per heavy atom. The lowest BCUT2D eigenvalue weighted by Crippen LogP contribution is -2.40. The summed E-state index contributed by atoms with van der Waals surface area (Å²) in [6.07, 6.45) is 2.43. The number of hydrogen-bond acceptors (Lipinski definition) is 5. The van der Waals surface area contributed by atoms with Gasteiger partial charge in [-0.15, -0.1) is 11.3 Å². The van der Waals surface area contributed by atoms with E-state index in [0.717, 1.165) is 17.7 Å². The maximum absolute atomic E-state index is 12.8. The fourth-order valence-electron chi connectivity index (χ4n) is 2.82. The Morgan fingerprint density at radius 3 is 2.68 bits per heavy atom. The molecule has 1 aromatic carbocycles. The highest BCUT2D eigenvalue weighted by atomic mass is 32.1. The van der Waals surface area contributed by atoms with E-state index in [1.807, 2.05) is 41.8 Å². The van der Waals surface area contributed by atoms with Crippen molar-refractivity contribution in [2.45, 2.75) is 19.5 Å². The molecule has 2 amide bonds. The van der Waals surface area contributed by atoms with E-state index in [1.165, 1.54) is 4.88 Å². The van der Waals surface area contributed by atoms with Gasteiger partial charge in [-0.3, -0.25) is 0 Å². The van der Waals surface area contributed by atoms with Gasteiger partial charge in [0.2, 0.25) is 0 Å². The third-order valence-corrected chi connectivity index (χ3v) is 5.25. The SMILES string of the molecule is COc1ccc(CNC(=O)N(CCc2cccs2)Cc2ccco2)cc1OC. The first-order valence-electron chi connectivity index (χ1n) is 8.98. The fraction of sp³-hybridized carbons (Fsp3) is 0.286. The van der Waals surface area contributed by atoms with Gasteiger partial charge in [0.15, 0.2) is 11.5 Å². The smallest absolute Gasteiger partial charge is 0.318 e. The van der Waals surface area contributed by atoms with E-state index in [4.69, 9.17) is 13.9 Å². The molecule has 0 unspecified atom stereocenters. The minimum atomic E-state index is -0.136. The average molecular weight is 401 g/mol.